The van der Waals surface area contributed by atoms with Gasteiger partial charge in [0.2, 0.25) is 17.7 Å². The summed E-state index contributed by atoms with van der Waals surface area (Å²) in [6, 6.07) is 52.2. The molecule has 0 aliphatic heterocycles. The fourth-order valence-corrected chi connectivity index (χ4v) is 10.4. The number of hydrogen-bond acceptors (Lipinski definition) is 19. The van der Waals surface area contributed by atoms with Gasteiger partial charge in [0.05, 0.1) is 6.61 Å². The van der Waals surface area contributed by atoms with Crippen molar-refractivity contribution in [1.29, 1.82) is 0 Å². The van der Waals surface area contributed by atoms with Gasteiger partial charge in [-0.3, -0.25) is 38.4 Å². The van der Waals surface area contributed by atoms with Crippen LogP contribution >= 0.6 is 70.2 Å². The second kappa shape index (κ2) is 44.6. The van der Waals surface area contributed by atoms with Crippen LogP contribution in [0.1, 0.15) is 66.9 Å². The fourth-order valence-electron chi connectivity index (χ4n) is 8.21. The van der Waals surface area contributed by atoms with Crippen LogP contribution in [0.25, 0.3) is 0 Å². The van der Waals surface area contributed by atoms with Crippen molar-refractivity contribution in [3.63, 3.8) is 0 Å². The lowest BCUT2D eigenvalue weighted by atomic mass is 10.0. The molecule has 0 radical (unpaired) electrons. The van der Waals surface area contributed by atoms with Crippen LogP contribution in [-0.4, -0.2) is 96.0 Å². The van der Waals surface area contributed by atoms with Crippen molar-refractivity contribution in [2.75, 3.05) is 53.3 Å². The topological polar surface area (TPSA) is 312 Å². The number of halogens is 4. The molecule has 7 N–H and O–H groups in total. The molecule has 1 aliphatic rings. The highest BCUT2D eigenvalue weighted by atomic mass is 35.5. The zero-order valence-corrected chi connectivity index (χ0v) is 59.8. The molecule has 21 nitrogen and oxygen atoms in total. The van der Waals surface area contributed by atoms with Gasteiger partial charge in [-0.05, 0) is 170 Å². The van der Waals surface area contributed by atoms with Crippen LogP contribution in [0, 0.1) is 11.1 Å². The number of hydrogen-bond donors (Lipinski definition) is 6. The highest BCUT2D eigenvalue weighted by molar-refractivity contribution is 7.99. The Morgan fingerprint density at radius 1 is 0.545 bits per heavy atom. The highest BCUT2D eigenvalue weighted by Gasteiger charge is 2.27. The normalized spacial score (nSPS) is 11.3. The van der Waals surface area contributed by atoms with Crippen molar-refractivity contribution in [3.05, 3.63) is 226 Å². The highest BCUT2D eigenvalue weighted by Crippen LogP contribution is 2.38. The number of thioether (sulfide) groups is 4. The first-order chi connectivity index (χ1) is 48.4. The number of ether oxygens (including phenoxy) is 5. The maximum Gasteiger partial charge on any atom is 0.387 e. The summed E-state index contributed by atoms with van der Waals surface area (Å²) in [6.45, 7) is -2.47. The van der Waals surface area contributed by atoms with Crippen LogP contribution in [0.2, 0.25) is 10.0 Å². The average Bonchev–Trinajstić information content (AvgIpc) is 1.14. The van der Waals surface area contributed by atoms with E-state index < -0.39 is 73.6 Å². The molecule has 0 unspecified atom stereocenters. The number of nitrogens with two attached hydrogens (primary N) is 1. The van der Waals surface area contributed by atoms with Crippen LogP contribution in [-0.2, 0) is 72.2 Å². The van der Waals surface area contributed by atoms with Crippen LogP contribution in [0.4, 0.5) is 31.5 Å². The molecule has 1 heterocycles. The van der Waals surface area contributed by atoms with Gasteiger partial charge in [0.15, 0.2) is 23.9 Å². The van der Waals surface area contributed by atoms with E-state index in [0.29, 0.717) is 45.4 Å². The minimum absolute atomic E-state index is 0.0304. The number of aliphatic carboxylic acids is 2. The number of nitrogens with zero attached hydrogens (tertiary/aromatic N) is 1. The Balaban J connectivity index is 0.000000255. The van der Waals surface area contributed by atoms with E-state index in [1.807, 2.05) is 134 Å². The van der Waals surface area contributed by atoms with Crippen molar-refractivity contribution < 1.29 is 85.8 Å². The van der Waals surface area contributed by atoms with E-state index in [-0.39, 0.29) is 53.5 Å². The number of anilines is 4. The van der Waals surface area contributed by atoms with E-state index in [9.17, 15) is 52.3 Å². The van der Waals surface area contributed by atoms with Gasteiger partial charge in [0, 0.05) is 54.3 Å². The molecule has 1 aliphatic carbocycles. The summed E-state index contributed by atoms with van der Waals surface area (Å²) in [5.74, 6) is -5.72. The number of aromatic nitrogens is 1. The number of pyridine rings is 1. The van der Waals surface area contributed by atoms with E-state index in [1.54, 1.807) is 95.6 Å². The molecular weight excluding hydrogens is 1430 g/mol. The summed E-state index contributed by atoms with van der Waals surface area (Å²) in [4.78, 5) is 95.6. The number of carbonyl (C=O) groups excluding carboxylic acids is 6. The van der Waals surface area contributed by atoms with Crippen LogP contribution < -0.4 is 35.9 Å². The molecule has 101 heavy (non-hydrogen) atoms. The third-order valence-corrected chi connectivity index (χ3v) is 17.0. The van der Waals surface area contributed by atoms with Crippen LogP contribution in [0.5, 0.6) is 11.5 Å². The molecule has 1 aromatic heterocycles. The number of benzene rings is 7. The standard InChI is InChI=1S/C28H26Cl2F2N2O6S.C17H17NO3S.C10H11NO3S.C10H10O4.C7H9NS/c1-41-19-7-5-18(6-8-19)33-26(35)12-27(36)39-24(11-20-21(29)13-34(37)14-22(20)30)17-4-9-23(40-28(31)32)25(10-17)38-15-16-2-3-16;1-22-15-9-7-14(8-10-15)18-16(19)11-17(20)21-12-13-5-3-2-4-6-13;1-15-8-4-2-7(3-5-8)11-9(12)6-10(13)14;11-9(12)6-10(13)14-7-8-4-2-1-3-5-8;1-9-7-4-2-6(8)3-5-7/h4-10,13-14,16,24,28H,2-3,11-12,15H2,1H3,(H,33,35);2-10H,11-12H2,1H3,(H,18,19);2-5H,6H2,1H3,(H,11,12)(H,13,14);1-5H,6-7H2,(H,11,12);2-5H,8H2,1H3/t24-;;;;/m0..../s1. The summed E-state index contributed by atoms with van der Waals surface area (Å²) < 4.78 is 52.3. The van der Waals surface area contributed by atoms with E-state index in [1.165, 1.54) is 23.1 Å². The first kappa shape index (κ1) is 82.2. The predicted molar refractivity (Wildman–Crippen MR) is 389 cm³/mol. The average molecular weight is 1500 g/mol. The van der Waals surface area contributed by atoms with Crippen molar-refractivity contribution in [2.24, 2.45) is 5.92 Å². The van der Waals surface area contributed by atoms with Crippen molar-refractivity contribution in [1.82, 2.24) is 0 Å². The van der Waals surface area contributed by atoms with Gasteiger partial charge in [-0.2, -0.15) is 13.5 Å². The Morgan fingerprint density at radius 2 is 0.941 bits per heavy atom. The lowest BCUT2D eigenvalue weighted by Crippen LogP contribution is -2.26. The fraction of sp³-hybridized carbons (Fsp3) is 0.236. The smallest absolute Gasteiger partial charge is 0.387 e. The number of nitrogens with one attached hydrogen (secondary N) is 3. The van der Waals surface area contributed by atoms with Crippen LogP contribution in [0.15, 0.2) is 208 Å². The molecule has 8 aromatic rings. The first-order valence-corrected chi connectivity index (χ1v) is 36.1. The molecule has 29 heteroatoms. The third-order valence-electron chi connectivity index (χ3n) is 13.4. The summed E-state index contributed by atoms with van der Waals surface area (Å²) >= 11 is 19.0. The van der Waals surface area contributed by atoms with E-state index in [0.717, 1.165) is 56.7 Å². The molecule has 1 fully saturated rings. The zero-order valence-electron chi connectivity index (χ0n) is 55.0. The maximum absolute atomic E-state index is 13.0. The Kier molecular flexibility index (Phi) is 36.3. The third kappa shape index (κ3) is 33.5. The van der Waals surface area contributed by atoms with Crippen molar-refractivity contribution >= 4 is 141 Å². The van der Waals surface area contributed by atoms with Gasteiger partial charge < -0.3 is 60.8 Å². The Hall–Kier alpha value is -9.51. The number of carbonyl (C=O) groups is 8. The molecule has 0 spiro atoms. The molecule has 1 atom stereocenters. The van der Waals surface area contributed by atoms with Gasteiger partial charge in [0.25, 0.3) is 0 Å². The Labute approximate surface area is 609 Å². The molecule has 0 saturated heterocycles. The summed E-state index contributed by atoms with van der Waals surface area (Å²) in [5.41, 5.74) is 10.5. The van der Waals surface area contributed by atoms with E-state index in [2.05, 4.69) is 20.7 Å². The number of amides is 3. The SMILES string of the molecule is CSc1ccc(N)cc1.CSc1ccc(NC(=O)CC(=O)O)cc1.CSc1ccc(NC(=O)CC(=O)OCc2ccccc2)cc1.CSc1ccc(NC(=O)CC(=O)O[C@@H](Cc2c(Cl)c[n+]([O-])cc2Cl)c2ccc(OC(F)F)c(OCC3CC3)c2)cc1.O=C(O)CC(=O)OCc1ccccc1. The zero-order chi connectivity index (χ0) is 73.6. The van der Waals surface area contributed by atoms with E-state index in [4.69, 9.17) is 58.1 Å². The van der Waals surface area contributed by atoms with Gasteiger partial charge in [-0.15, -0.1) is 47.0 Å². The summed E-state index contributed by atoms with van der Waals surface area (Å²) in [5, 5.41) is 36.3. The number of carboxylic acid groups (broad SMARTS) is 2. The van der Waals surface area contributed by atoms with Crippen molar-refractivity contribution in [2.45, 2.75) is 90.5 Å². The van der Waals surface area contributed by atoms with Gasteiger partial charge >= 0.3 is 36.5 Å². The molecule has 0 bridgehead atoms. The second-order valence-corrected chi connectivity index (χ2v) is 25.5. The predicted octanol–water partition coefficient (Wildman–Crippen LogP) is 15.1. The lowest BCUT2D eigenvalue weighted by molar-refractivity contribution is -0.605. The van der Waals surface area contributed by atoms with Crippen LogP contribution in [0.3, 0.4) is 0 Å². The minimum atomic E-state index is -3.08. The largest absolute Gasteiger partial charge is 0.619 e. The molecule has 7 aromatic carbocycles. The van der Waals surface area contributed by atoms with E-state index >= 15 is 0 Å². The summed E-state index contributed by atoms with van der Waals surface area (Å²) in [7, 11) is 0. The second-order valence-electron chi connectivity index (χ2n) is 21.2. The molecule has 9 rings (SSSR count). The Bertz CT molecular complexity index is 3950. The molecule has 1 saturated carbocycles. The van der Waals surface area contributed by atoms with Gasteiger partial charge in [-0.25, -0.2) is 0 Å². The number of carboxylic acids is 2. The van der Waals surface area contributed by atoms with Gasteiger partial charge in [-0.1, -0.05) is 89.9 Å². The first-order valence-electron chi connectivity index (χ1n) is 30.4. The molecule has 3 amide bonds. The number of rotatable bonds is 28. The Morgan fingerprint density at radius 3 is 1.34 bits per heavy atom. The number of esters is 3. The molecule has 534 valence electrons. The monoisotopic (exact) mass is 1500 g/mol. The molecular formula is C72H73Cl2F2N5O16S4. The quantitative estimate of drug-likeness (QED) is 0.00505. The summed E-state index contributed by atoms with van der Waals surface area (Å²) in [6.07, 6.45) is 8.90. The maximum atomic E-state index is 13.0. The van der Waals surface area contributed by atoms with Crippen molar-refractivity contribution in [3.8, 4) is 11.5 Å². The minimum Gasteiger partial charge on any atom is -0.619 e. The lowest BCUT2D eigenvalue weighted by Gasteiger charge is -2.21. The van der Waals surface area contributed by atoms with Gasteiger partial charge in [0.1, 0.15) is 55.0 Å². The number of nitrogen functional groups attached to an aromatic ring is 1. The number of alkyl halides is 2.